The molecular formula is C19H39NO3. The van der Waals surface area contributed by atoms with E-state index in [0.29, 0.717) is 6.61 Å². The predicted molar refractivity (Wildman–Crippen MR) is 95.3 cm³/mol. The number of hydrogen-bond donors (Lipinski definition) is 1. The fourth-order valence-corrected chi connectivity index (χ4v) is 3.65. The molecule has 1 heterocycles. The first-order valence-corrected chi connectivity index (χ1v) is 9.08. The van der Waals surface area contributed by atoms with Crippen molar-refractivity contribution in [2.24, 2.45) is 0 Å². The van der Waals surface area contributed by atoms with Crippen LogP contribution in [0.2, 0.25) is 0 Å². The highest BCUT2D eigenvalue weighted by molar-refractivity contribution is 4.98. The molecule has 0 unspecified atom stereocenters. The van der Waals surface area contributed by atoms with Crippen molar-refractivity contribution >= 4 is 0 Å². The van der Waals surface area contributed by atoms with Crippen LogP contribution in [-0.4, -0.2) is 45.2 Å². The van der Waals surface area contributed by atoms with Gasteiger partial charge in [0.05, 0.1) is 23.9 Å². The maximum absolute atomic E-state index is 9.98. The minimum Gasteiger partial charge on any atom is -0.388 e. The first-order chi connectivity index (χ1) is 10.2. The van der Waals surface area contributed by atoms with E-state index in [1.165, 1.54) is 0 Å². The first kappa shape index (κ1) is 20.9. The van der Waals surface area contributed by atoms with Crippen LogP contribution >= 0.6 is 0 Å². The molecule has 0 amide bonds. The zero-order valence-corrected chi connectivity index (χ0v) is 16.8. The summed E-state index contributed by atoms with van der Waals surface area (Å²) in [6, 6.07) is 0. The van der Waals surface area contributed by atoms with Gasteiger partial charge in [0.15, 0.2) is 0 Å². The second-order valence-corrected chi connectivity index (χ2v) is 9.31. The van der Waals surface area contributed by atoms with Gasteiger partial charge in [-0.25, -0.2) is 0 Å². The lowest BCUT2D eigenvalue weighted by molar-refractivity contribution is -0.313. The van der Waals surface area contributed by atoms with Crippen LogP contribution in [0.4, 0.5) is 0 Å². The summed E-state index contributed by atoms with van der Waals surface area (Å²) in [5, 5.41) is 12.1. The Morgan fingerprint density at radius 3 is 1.78 bits per heavy atom. The summed E-state index contributed by atoms with van der Waals surface area (Å²) in [7, 11) is 0. The zero-order valence-electron chi connectivity index (χ0n) is 16.8. The first-order valence-electron chi connectivity index (χ1n) is 9.08. The quantitative estimate of drug-likeness (QED) is 0.756. The molecule has 0 saturated carbocycles. The lowest BCUT2D eigenvalue weighted by atomic mass is 9.79. The predicted octanol–water partition coefficient (Wildman–Crippen LogP) is 4.31. The molecule has 0 bridgehead atoms. The van der Waals surface area contributed by atoms with Gasteiger partial charge in [-0.1, -0.05) is 13.8 Å². The standard InChI is InChI=1S/C19H39NO3/c1-10-19(9,11-2)23-15-12-16(3,4)20(17(5,6)13-15)22-14-18(7,8)21/h15,21H,10-14H2,1-9H3. The Hall–Kier alpha value is -0.160. The smallest absolute Gasteiger partial charge is 0.0967 e. The molecule has 0 spiro atoms. The van der Waals surface area contributed by atoms with Crippen molar-refractivity contribution in [3.63, 3.8) is 0 Å². The van der Waals surface area contributed by atoms with E-state index in [2.05, 4.69) is 53.5 Å². The fourth-order valence-electron chi connectivity index (χ4n) is 3.65. The minimum atomic E-state index is -0.831. The van der Waals surface area contributed by atoms with Gasteiger partial charge in [0.1, 0.15) is 0 Å². The summed E-state index contributed by atoms with van der Waals surface area (Å²) < 4.78 is 6.51. The zero-order chi connectivity index (χ0) is 18.1. The molecule has 0 atom stereocenters. The molecular weight excluding hydrogens is 290 g/mol. The number of nitrogens with zero attached hydrogens (tertiary/aromatic N) is 1. The van der Waals surface area contributed by atoms with E-state index in [9.17, 15) is 5.11 Å². The van der Waals surface area contributed by atoms with Crippen LogP contribution in [0.1, 0.15) is 88.0 Å². The second-order valence-electron chi connectivity index (χ2n) is 9.31. The van der Waals surface area contributed by atoms with Crippen LogP contribution in [0.5, 0.6) is 0 Å². The Labute approximate surface area is 143 Å². The van der Waals surface area contributed by atoms with Crippen molar-refractivity contribution in [1.82, 2.24) is 5.06 Å². The van der Waals surface area contributed by atoms with Gasteiger partial charge in [-0.3, -0.25) is 4.84 Å². The molecule has 23 heavy (non-hydrogen) atoms. The van der Waals surface area contributed by atoms with Crippen LogP contribution in [0.25, 0.3) is 0 Å². The molecule has 1 aliphatic rings. The molecule has 1 N–H and O–H groups in total. The molecule has 0 aromatic rings. The molecule has 138 valence electrons. The maximum atomic E-state index is 9.98. The molecule has 4 nitrogen and oxygen atoms in total. The minimum absolute atomic E-state index is 0.0487. The summed E-state index contributed by atoms with van der Waals surface area (Å²) >= 11 is 0. The number of hydroxylamine groups is 2. The largest absolute Gasteiger partial charge is 0.388 e. The molecule has 1 rings (SSSR count). The van der Waals surface area contributed by atoms with Crippen LogP contribution < -0.4 is 0 Å². The summed E-state index contributed by atoms with van der Waals surface area (Å²) in [5.74, 6) is 0. The van der Waals surface area contributed by atoms with E-state index >= 15 is 0 Å². The number of ether oxygens (including phenoxy) is 1. The highest BCUT2D eigenvalue weighted by Crippen LogP contribution is 2.41. The Morgan fingerprint density at radius 2 is 1.43 bits per heavy atom. The summed E-state index contributed by atoms with van der Waals surface area (Å²) in [4.78, 5) is 6.04. The third kappa shape index (κ3) is 5.70. The average molecular weight is 330 g/mol. The van der Waals surface area contributed by atoms with E-state index in [1.54, 1.807) is 13.8 Å². The highest BCUT2D eigenvalue weighted by Gasteiger charge is 2.48. The Balaban J connectivity index is 2.87. The van der Waals surface area contributed by atoms with Gasteiger partial charge >= 0.3 is 0 Å². The number of rotatable bonds is 7. The van der Waals surface area contributed by atoms with Crippen molar-refractivity contribution in [3.8, 4) is 0 Å². The van der Waals surface area contributed by atoms with Gasteiger partial charge in [0.2, 0.25) is 0 Å². The van der Waals surface area contributed by atoms with Gasteiger partial charge in [-0.2, -0.15) is 5.06 Å². The summed E-state index contributed by atoms with van der Waals surface area (Å²) in [5.41, 5.74) is -1.16. The fraction of sp³-hybridized carbons (Fsp3) is 1.00. The van der Waals surface area contributed by atoms with Crippen LogP contribution in [0, 0.1) is 0 Å². The normalized spacial score (nSPS) is 23.2. The van der Waals surface area contributed by atoms with Crippen molar-refractivity contribution in [2.75, 3.05) is 6.61 Å². The molecule has 1 saturated heterocycles. The van der Waals surface area contributed by atoms with E-state index in [4.69, 9.17) is 9.57 Å². The van der Waals surface area contributed by atoms with Crippen molar-refractivity contribution in [1.29, 1.82) is 0 Å². The van der Waals surface area contributed by atoms with E-state index in [-0.39, 0.29) is 22.8 Å². The Bertz CT molecular complexity index is 363. The number of aliphatic hydroxyl groups is 1. The van der Waals surface area contributed by atoms with Crippen molar-refractivity contribution in [3.05, 3.63) is 0 Å². The molecule has 0 aromatic heterocycles. The van der Waals surface area contributed by atoms with Gasteiger partial charge in [-0.15, -0.1) is 0 Å². The molecule has 1 aliphatic heterocycles. The molecule has 0 radical (unpaired) electrons. The summed E-state index contributed by atoms with van der Waals surface area (Å²) in [6.45, 7) is 19.2. The molecule has 1 fully saturated rings. The SMILES string of the molecule is CCC(C)(CC)OC1CC(C)(C)N(OCC(C)(C)O)C(C)(C)C1. The van der Waals surface area contributed by atoms with E-state index < -0.39 is 5.60 Å². The molecule has 0 aliphatic carbocycles. The lowest BCUT2D eigenvalue weighted by Crippen LogP contribution is -2.63. The Morgan fingerprint density at radius 1 is 1.00 bits per heavy atom. The van der Waals surface area contributed by atoms with E-state index in [0.717, 1.165) is 25.7 Å². The number of piperidine rings is 1. The van der Waals surface area contributed by atoms with Crippen molar-refractivity contribution in [2.45, 2.75) is 116 Å². The van der Waals surface area contributed by atoms with Crippen LogP contribution in [0.15, 0.2) is 0 Å². The lowest BCUT2D eigenvalue weighted by Gasteiger charge is -2.55. The second kappa shape index (κ2) is 6.99. The summed E-state index contributed by atoms with van der Waals surface area (Å²) in [6.07, 6.45) is 4.14. The van der Waals surface area contributed by atoms with Gasteiger partial charge in [0, 0.05) is 11.1 Å². The topological polar surface area (TPSA) is 41.9 Å². The van der Waals surface area contributed by atoms with Crippen LogP contribution in [0.3, 0.4) is 0 Å². The van der Waals surface area contributed by atoms with E-state index in [1.807, 2.05) is 0 Å². The van der Waals surface area contributed by atoms with Gasteiger partial charge in [0.25, 0.3) is 0 Å². The van der Waals surface area contributed by atoms with Gasteiger partial charge in [-0.05, 0) is 74.1 Å². The maximum Gasteiger partial charge on any atom is 0.0967 e. The average Bonchev–Trinajstić information content (AvgIpc) is 2.34. The van der Waals surface area contributed by atoms with Crippen molar-refractivity contribution < 1.29 is 14.7 Å². The van der Waals surface area contributed by atoms with Crippen LogP contribution in [-0.2, 0) is 9.57 Å². The van der Waals surface area contributed by atoms with Gasteiger partial charge < -0.3 is 9.84 Å². The Kier molecular flexibility index (Phi) is 6.35. The third-order valence-corrected chi connectivity index (χ3v) is 5.05. The number of hydrogen-bond acceptors (Lipinski definition) is 4. The third-order valence-electron chi connectivity index (χ3n) is 5.05. The molecule has 4 heteroatoms. The highest BCUT2D eigenvalue weighted by atomic mass is 16.7. The molecule has 0 aromatic carbocycles. The monoisotopic (exact) mass is 329 g/mol.